The molecule has 2 aromatic heterocycles. The average molecular weight is 588 g/mol. The first-order chi connectivity index (χ1) is 20.2. The number of nitrogens with one attached hydrogen (secondary N) is 1. The molecule has 42 heavy (non-hydrogen) atoms. The maximum Gasteiger partial charge on any atom is 0.267 e. The van der Waals surface area contributed by atoms with E-state index in [2.05, 4.69) is 56.6 Å². The number of hydrogen-bond donors (Lipinski definition) is 1. The van der Waals surface area contributed by atoms with E-state index in [0.717, 1.165) is 43.9 Å². The van der Waals surface area contributed by atoms with E-state index in [9.17, 15) is 8.42 Å². The third-order valence-corrected chi connectivity index (χ3v) is 9.46. The Kier molecular flexibility index (Phi) is 7.63. The molecule has 1 aliphatic heterocycles. The summed E-state index contributed by atoms with van der Waals surface area (Å²) >= 11 is 0. The molecule has 4 aromatic rings. The second-order valence-electron chi connectivity index (χ2n) is 11.6. The third-order valence-electron chi connectivity index (χ3n) is 8.18. The highest BCUT2D eigenvalue weighted by Gasteiger charge is 2.41. The fraction of sp³-hybridized carbons (Fsp3) is 0.387. The molecule has 0 unspecified atom stereocenters. The summed E-state index contributed by atoms with van der Waals surface area (Å²) in [5, 5.41) is 3.99. The Morgan fingerprint density at radius 2 is 1.71 bits per heavy atom. The van der Waals surface area contributed by atoms with Gasteiger partial charge in [0.05, 0.1) is 11.9 Å². The van der Waals surface area contributed by atoms with Gasteiger partial charge in [0.15, 0.2) is 0 Å². The minimum atomic E-state index is -3.96. The largest absolute Gasteiger partial charge is 0.439 e. The van der Waals surface area contributed by atoms with Crippen LogP contribution in [-0.2, 0) is 17.1 Å². The second-order valence-corrected chi connectivity index (χ2v) is 13.3. The number of sulfonamides is 1. The second kappa shape index (κ2) is 11.4. The molecular weight excluding hydrogens is 550 g/mol. The van der Waals surface area contributed by atoms with Crippen molar-refractivity contribution in [3.05, 3.63) is 72.6 Å². The topological polar surface area (TPSA) is 105 Å². The van der Waals surface area contributed by atoms with Crippen molar-refractivity contribution < 1.29 is 13.2 Å². The standard InChI is InChI=1S/C31H37N7O3S/c1-21(2)27-17-28(27)25-7-5-6-8-26(25)29-18-30(34-31(33-29)35-42(39,40)24-19-32-37(4)20-24)41-23-11-9-22(10-12-23)38-15-13-36(3)14-16-38/h5-12,18-21,27-28H,13-17H2,1-4H3,(H,33,34,35)/t27-,28+/m0/s1. The predicted octanol–water partition coefficient (Wildman–Crippen LogP) is 4.98. The molecule has 0 spiro atoms. The molecule has 0 radical (unpaired) electrons. The molecule has 1 saturated heterocycles. The van der Waals surface area contributed by atoms with E-state index in [4.69, 9.17) is 4.74 Å². The normalized spacial score (nSPS) is 19.2. The van der Waals surface area contributed by atoms with Crippen molar-refractivity contribution in [3.8, 4) is 22.9 Å². The van der Waals surface area contributed by atoms with Crippen LogP contribution >= 0.6 is 0 Å². The van der Waals surface area contributed by atoms with Gasteiger partial charge in [-0.2, -0.15) is 10.1 Å². The van der Waals surface area contributed by atoms with Gasteiger partial charge in [0.1, 0.15) is 10.6 Å². The number of nitrogens with zero attached hydrogens (tertiary/aromatic N) is 6. The van der Waals surface area contributed by atoms with E-state index >= 15 is 0 Å². The molecule has 3 heterocycles. The van der Waals surface area contributed by atoms with Crippen LogP contribution in [0.5, 0.6) is 11.6 Å². The molecule has 1 saturated carbocycles. The fourth-order valence-electron chi connectivity index (χ4n) is 5.65. The van der Waals surface area contributed by atoms with Gasteiger partial charge in [0.2, 0.25) is 11.8 Å². The van der Waals surface area contributed by atoms with Crippen LogP contribution in [0.25, 0.3) is 11.3 Å². The van der Waals surface area contributed by atoms with E-state index in [1.54, 1.807) is 13.1 Å². The van der Waals surface area contributed by atoms with E-state index in [0.29, 0.717) is 29.2 Å². The SMILES string of the molecule is CC(C)[C@@H]1C[C@@H]1c1ccccc1-c1cc(Oc2ccc(N3CCN(C)CC3)cc2)nc(NS(=O)(=O)c2cnn(C)c2)n1. The van der Waals surface area contributed by atoms with Gasteiger partial charge < -0.3 is 14.5 Å². The Morgan fingerprint density at radius 1 is 0.976 bits per heavy atom. The number of hydrogen-bond acceptors (Lipinski definition) is 8. The van der Waals surface area contributed by atoms with Gasteiger partial charge in [0.25, 0.3) is 10.0 Å². The zero-order chi connectivity index (χ0) is 29.4. The third kappa shape index (κ3) is 6.12. The molecule has 220 valence electrons. The zero-order valence-corrected chi connectivity index (χ0v) is 25.3. The molecule has 2 fully saturated rings. The maximum atomic E-state index is 13.2. The average Bonchev–Trinajstić information content (AvgIpc) is 3.66. The number of aromatic nitrogens is 4. The van der Waals surface area contributed by atoms with Crippen molar-refractivity contribution in [2.75, 3.05) is 42.8 Å². The molecular formula is C31H37N7O3S. The summed E-state index contributed by atoms with van der Waals surface area (Å²) in [4.78, 5) is 13.8. The summed E-state index contributed by atoms with van der Waals surface area (Å²) in [6.45, 7) is 8.52. The van der Waals surface area contributed by atoms with Crippen LogP contribution in [0.3, 0.4) is 0 Å². The van der Waals surface area contributed by atoms with Gasteiger partial charge in [-0.25, -0.2) is 18.1 Å². The van der Waals surface area contributed by atoms with Gasteiger partial charge in [0, 0.05) is 56.7 Å². The zero-order valence-electron chi connectivity index (χ0n) is 24.4. The summed E-state index contributed by atoms with van der Waals surface area (Å²) < 4.78 is 36.5. The van der Waals surface area contributed by atoms with Crippen LogP contribution < -0.4 is 14.4 Å². The Labute approximate surface area is 247 Å². The van der Waals surface area contributed by atoms with Crippen LogP contribution in [0.1, 0.15) is 31.7 Å². The van der Waals surface area contributed by atoms with Crippen molar-refractivity contribution in [3.63, 3.8) is 0 Å². The van der Waals surface area contributed by atoms with Crippen LogP contribution in [0, 0.1) is 11.8 Å². The molecule has 10 nitrogen and oxygen atoms in total. The van der Waals surface area contributed by atoms with Crippen LogP contribution in [0.2, 0.25) is 0 Å². The Bertz CT molecular complexity index is 1660. The number of piperazine rings is 1. The van der Waals surface area contributed by atoms with E-state index in [-0.39, 0.29) is 16.7 Å². The highest BCUT2D eigenvalue weighted by Crippen LogP contribution is 2.53. The first-order valence-corrected chi connectivity index (χ1v) is 15.9. The maximum absolute atomic E-state index is 13.2. The summed E-state index contributed by atoms with van der Waals surface area (Å²) in [6.07, 6.45) is 3.85. The first kappa shape index (κ1) is 28.2. The van der Waals surface area contributed by atoms with Crippen LogP contribution in [-0.4, -0.2) is 66.3 Å². The fourth-order valence-corrected chi connectivity index (χ4v) is 6.58. The Hall–Kier alpha value is -3.96. The number of aryl methyl sites for hydroxylation is 1. The van der Waals surface area contributed by atoms with Gasteiger partial charge in [-0.3, -0.25) is 4.68 Å². The van der Waals surface area contributed by atoms with E-state index in [1.165, 1.54) is 22.6 Å². The first-order valence-electron chi connectivity index (χ1n) is 14.4. The number of likely N-dealkylation sites (N-methyl/N-ethyl adjacent to an activating group) is 1. The molecule has 0 bridgehead atoms. The number of benzene rings is 2. The van der Waals surface area contributed by atoms with Crippen molar-refractivity contribution in [1.82, 2.24) is 24.6 Å². The summed E-state index contributed by atoms with van der Waals surface area (Å²) in [6, 6.07) is 17.9. The summed E-state index contributed by atoms with van der Waals surface area (Å²) in [5.41, 5.74) is 3.90. The number of ether oxygens (including phenoxy) is 1. The quantitative estimate of drug-likeness (QED) is 0.292. The van der Waals surface area contributed by atoms with E-state index in [1.807, 2.05) is 42.5 Å². The number of anilines is 2. The van der Waals surface area contributed by atoms with Gasteiger partial charge in [-0.1, -0.05) is 38.1 Å². The van der Waals surface area contributed by atoms with Gasteiger partial charge in [-0.05, 0) is 61.1 Å². The lowest BCUT2D eigenvalue weighted by molar-refractivity contribution is 0.313. The summed E-state index contributed by atoms with van der Waals surface area (Å²) in [5.74, 6) is 2.44. The molecule has 2 aromatic carbocycles. The van der Waals surface area contributed by atoms with Crippen molar-refractivity contribution in [2.45, 2.75) is 31.1 Å². The molecule has 2 atom stereocenters. The smallest absolute Gasteiger partial charge is 0.267 e. The van der Waals surface area contributed by atoms with Crippen molar-refractivity contribution >= 4 is 21.7 Å². The lowest BCUT2D eigenvalue weighted by Crippen LogP contribution is -2.44. The van der Waals surface area contributed by atoms with Crippen molar-refractivity contribution in [1.29, 1.82) is 0 Å². The highest BCUT2D eigenvalue weighted by atomic mass is 32.2. The lowest BCUT2D eigenvalue weighted by atomic mass is 9.96. The van der Waals surface area contributed by atoms with Gasteiger partial charge >= 0.3 is 0 Å². The van der Waals surface area contributed by atoms with Crippen LogP contribution in [0.15, 0.2) is 71.9 Å². The van der Waals surface area contributed by atoms with Crippen molar-refractivity contribution in [2.24, 2.45) is 18.9 Å². The minimum absolute atomic E-state index is 0.0270. The molecule has 1 N–H and O–H groups in total. The lowest BCUT2D eigenvalue weighted by Gasteiger charge is -2.34. The van der Waals surface area contributed by atoms with Crippen LogP contribution in [0.4, 0.5) is 11.6 Å². The number of rotatable bonds is 9. The summed E-state index contributed by atoms with van der Waals surface area (Å²) in [7, 11) is -0.157. The molecule has 6 rings (SSSR count). The van der Waals surface area contributed by atoms with E-state index < -0.39 is 10.0 Å². The minimum Gasteiger partial charge on any atom is -0.439 e. The highest BCUT2D eigenvalue weighted by molar-refractivity contribution is 7.92. The van der Waals surface area contributed by atoms with Gasteiger partial charge in [-0.15, -0.1) is 0 Å². The Balaban J connectivity index is 1.33. The monoisotopic (exact) mass is 587 g/mol. The molecule has 0 amide bonds. The molecule has 11 heteroatoms. The Morgan fingerprint density at radius 3 is 2.38 bits per heavy atom. The molecule has 2 aliphatic rings. The predicted molar refractivity (Wildman–Crippen MR) is 163 cm³/mol. The molecule has 1 aliphatic carbocycles.